The van der Waals surface area contributed by atoms with Crippen LogP contribution in [0.3, 0.4) is 0 Å². The number of nitrogens with one attached hydrogen (secondary N) is 2. The predicted octanol–water partition coefficient (Wildman–Crippen LogP) is 10.5. The number of amides is 2. The summed E-state index contributed by atoms with van der Waals surface area (Å²) in [5, 5.41) is 5.58. The molecule has 2 N–H and O–H groups in total. The van der Waals surface area contributed by atoms with Crippen molar-refractivity contribution in [2.45, 2.75) is 144 Å². The summed E-state index contributed by atoms with van der Waals surface area (Å²) < 4.78 is 31.8. The van der Waals surface area contributed by atoms with Gasteiger partial charge in [-0.3, -0.25) is 33.6 Å². The summed E-state index contributed by atoms with van der Waals surface area (Å²) in [5.74, 6) is -0.360. The molecule has 422 valence electrons. The lowest BCUT2D eigenvalue weighted by atomic mass is 9.91. The van der Waals surface area contributed by atoms with Gasteiger partial charge in [0, 0.05) is 92.6 Å². The monoisotopic (exact) mass is 1070 g/mol. The molecule has 1 spiro atoms. The number of benzene rings is 2. The van der Waals surface area contributed by atoms with Crippen LogP contribution >= 0.6 is 0 Å². The molecule has 15 heteroatoms. The fourth-order valence-corrected chi connectivity index (χ4v) is 11.5. The number of ketones is 1. The average Bonchev–Trinajstić information content (AvgIpc) is 4.41. The Bertz CT molecular complexity index is 2850. The van der Waals surface area contributed by atoms with Gasteiger partial charge in [0.2, 0.25) is 5.91 Å². The molecular weight excluding hydrogens is 987 g/mol. The second-order valence-electron chi connectivity index (χ2n) is 21.3. The number of hydrogen-bond donors (Lipinski definition) is 2. The summed E-state index contributed by atoms with van der Waals surface area (Å²) in [4.78, 5) is 75.9. The number of hydrogen-bond acceptors (Lipinski definition) is 10. The van der Waals surface area contributed by atoms with Gasteiger partial charge in [0.25, 0.3) is 11.5 Å². The van der Waals surface area contributed by atoms with E-state index in [0.717, 1.165) is 117 Å². The van der Waals surface area contributed by atoms with Gasteiger partial charge in [-0.1, -0.05) is 64.5 Å². The Labute approximate surface area is 462 Å². The number of rotatable bonds is 21. The standard InChI is InChI=1S/C42H56F2N6O2.C19H24N2O3.C2H6/c1-8-16-47(17-9-2)26-32-11-18-49(19-12-32)42(52)34-22-29(4)41(36(43)24-34)33-13-20-48(21-14-33)31(6)28(3)23-35-30(5)46-15-10-39(35)50-27-37(44)38(45-7)25-40(50)51;1-3-13-6-7-15-14(11-13)19(8-9-19)18(24)21(15)16(5-4-10-22)17(23)12-20-2;1-2/h10,13,15,22-25,27,31-32,45H,8-9,11-12,14,16-21,26H2,1-7H3;6-7,10-11,16,20H,3-5,8-9,12H2,1-2H3;1-2H3/b28-23+;;. The van der Waals surface area contributed by atoms with E-state index in [1.165, 1.54) is 28.5 Å². The van der Waals surface area contributed by atoms with Gasteiger partial charge in [0.1, 0.15) is 12.1 Å². The van der Waals surface area contributed by atoms with Gasteiger partial charge in [0.15, 0.2) is 11.6 Å². The highest BCUT2D eigenvalue weighted by atomic mass is 19.1. The molecule has 5 heterocycles. The van der Waals surface area contributed by atoms with E-state index in [4.69, 9.17) is 0 Å². The number of likely N-dealkylation sites (tertiary alicyclic amines) is 1. The Morgan fingerprint density at radius 2 is 1.64 bits per heavy atom. The molecule has 0 radical (unpaired) electrons. The Hall–Kier alpha value is -6.16. The zero-order valence-corrected chi connectivity index (χ0v) is 48.4. The minimum absolute atomic E-state index is 0.0334. The van der Waals surface area contributed by atoms with E-state index in [0.29, 0.717) is 55.2 Å². The van der Waals surface area contributed by atoms with Crippen LogP contribution in [0.25, 0.3) is 17.3 Å². The lowest BCUT2D eigenvalue weighted by Crippen LogP contribution is -2.47. The van der Waals surface area contributed by atoms with Crippen LogP contribution in [-0.2, 0) is 26.2 Å². The molecule has 4 aromatic rings. The maximum absolute atomic E-state index is 15.8. The zero-order valence-electron chi connectivity index (χ0n) is 48.4. The van der Waals surface area contributed by atoms with Crippen LogP contribution in [0, 0.1) is 31.4 Å². The number of piperidine rings is 1. The molecular formula is C63H86F2N8O5. The van der Waals surface area contributed by atoms with Crippen molar-refractivity contribution in [1.29, 1.82) is 0 Å². The van der Waals surface area contributed by atoms with Crippen molar-refractivity contribution in [2.24, 2.45) is 5.92 Å². The Balaban J connectivity index is 0.000000314. The highest BCUT2D eigenvalue weighted by Crippen LogP contribution is 2.58. The van der Waals surface area contributed by atoms with Crippen molar-refractivity contribution >= 4 is 46.9 Å². The lowest BCUT2D eigenvalue weighted by molar-refractivity contribution is -0.125. The Morgan fingerprint density at radius 3 is 2.23 bits per heavy atom. The summed E-state index contributed by atoms with van der Waals surface area (Å²) in [6.45, 7) is 24.8. The van der Waals surface area contributed by atoms with E-state index in [1.54, 1.807) is 31.3 Å². The van der Waals surface area contributed by atoms with Crippen molar-refractivity contribution in [1.82, 2.24) is 29.6 Å². The molecule has 13 nitrogen and oxygen atoms in total. The second-order valence-corrected chi connectivity index (χ2v) is 21.3. The molecule has 3 aliphatic heterocycles. The molecule has 2 atom stereocenters. The quantitative estimate of drug-likeness (QED) is 0.0775. The third-order valence-corrected chi connectivity index (χ3v) is 16.1. The van der Waals surface area contributed by atoms with E-state index in [9.17, 15) is 28.4 Å². The Morgan fingerprint density at radius 1 is 0.936 bits per heavy atom. The third kappa shape index (κ3) is 13.8. The van der Waals surface area contributed by atoms with Crippen LogP contribution in [0.4, 0.5) is 20.2 Å². The summed E-state index contributed by atoms with van der Waals surface area (Å²) in [6.07, 6.45) is 16.0. The van der Waals surface area contributed by atoms with Crippen molar-refractivity contribution in [2.75, 3.05) is 76.7 Å². The van der Waals surface area contributed by atoms with Crippen molar-refractivity contribution in [3.63, 3.8) is 0 Å². The van der Waals surface area contributed by atoms with E-state index >= 15 is 4.39 Å². The maximum atomic E-state index is 15.8. The molecule has 2 fully saturated rings. The fourth-order valence-electron chi connectivity index (χ4n) is 11.5. The van der Waals surface area contributed by atoms with Crippen LogP contribution < -0.4 is 21.1 Å². The van der Waals surface area contributed by atoms with Crippen LogP contribution in [0.5, 0.6) is 0 Å². The number of aryl methyl sites for hydroxylation is 3. The fraction of sp³-hybridized carbons (Fsp3) is 0.524. The van der Waals surface area contributed by atoms with E-state index in [-0.39, 0.29) is 53.7 Å². The number of aromatic nitrogens is 2. The molecule has 2 aromatic carbocycles. The lowest BCUT2D eigenvalue weighted by Gasteiger charge is -2.35. The van der Waals surface area contributed by atoms with E-state index in [1.807, 2.05) is 63.8 Å². The molecule has 1 saturated heterocycles. The number of likely N-dealkylation sites (N-methyl/N-ethyl adjacent to an activating group) is 1. The molecule has 0 bridgehead atoms. The van der Waals surface area contributed by atoms with Crippen molar-refractivity contribution in [3.8, 4) is 5.69 Å². The Kier molecular flexibility index (Phi) is 22.0. The van der Waals surface area contributed by atoms with Gasteiger partial charge in [-0.2, -0.15) is 0 Å². The number of nitrogens with zero attached hydrogens (tertiary/aromatic N) is 6. The first kappa shape index (κ1) is 61.1. The van der Waals surface area contributed by atoms with E-state index < -0.39 is 17.3 Å². The first-order valence-corrected chi connectivity index (χ1v) is 28.6. The van der Waals surface area contributed by atoms with Crippen molar-refractivity contribution in [3.05, 3.63) is 128 Å². The van der Waals surface area contributed by atoms with Gasteiger partial charge in [-0.05, 0) is 158 Å². The smallest absolute Gasteiger partial charge is 0.257 e. The zero-order chi connectivity index (χ0) is 56.8. The van der Waals surface area contributed by atoms with Gasteiger partial charge < -0.3 is 30.1 Å². The second kappa shape index (κ2) is 28.1. The number of fused-ring (bicyclic) bond motifs is 2. The summed E-state index contributed by atoms with van der Waals surface area (Å²) in [6, 6.07) is 11.9. The van der Waals surface area contributed by atoms with Gasteiger partial charge in [-0.15, -0.1) is 0 Å². The third-order valence-electron chi connectivity index (χ3n) is 16.1. The highest BCUT2D eigenvalue weighted by Gasteiger charge is 2.60. The highest BCUT2D eigenvalue weighted by molar-refractivity contribution is 6.14. The predicted molar refractivity (Wildman–Crippen MR) is 312 cm³/mol. The molecule has 4 aliphatic rings. The average molecular weight is 1070 g/mol. The number of anilines is 2. The van der Waals surface area contributed by atoms with Gasteiger partial charge in [-0.25, -0.2) is 8.78 Å². The van der Waals surface area contributed by atoms with Crippen LogP contribution in [0.2, 0.25) is 0 Å². The van der Waals surface area contributed by atoms with Gasteiger partial charge >= 0.3 is 0 Å². The molecule has 2 unspecified atom stereocenters. The van der Waals surface area contributed by atoms with E-state index in [2.05, 4.69) is 65.3 Å². The minimum Gasteiger partial charge on any atom is -0.386 e. The van der Waals surface area contributed by atoms with Crippen molar-refractivity contribution < 1.29 is 28.0 Å². The molecule has 2 amide bonds. The summed E-state index contributed by atoms with van der Waals surface area (Å²) in [5.41, 5.74) is 8.39. The summed E-state index contributed by atoms with van der Waals surface area (Å²) in [7, 11) is 3.29. The topological polar surface area (TPSA) is 140 Å². The van der Waals surface area contributed by atoms with Crippen LogP contribution in [0.1, 0.15) is 150 Å². The van der Waals surface area contributed by atoms with Crippen LogP contribution in [0.15, 0.2) is 71.3 Å². The molecule has 1 saturated carbocycles. The number of halogens is 2. The largest absolute Gasteiger partial charge is 0.386 e. The first-order valence-electron chi connectivity index (χ1n) is 28.6. The van der Waals surface area contributed by atoms with Crippen LogP contribution in [-0.4, -0.2) is 127 Å². The molecule has 8 rings (SSSR count). The summed E-state index contributed by atoms with van der Waals surface area (Å²) >= 11 is 0. The maximum Gasteiger partial charge on any atom is 0.257 e. The number of aldehydes is 1. The normalized spacial score (nSPS) is 16.9. The number of pyridine rings is 2. The van der Waals surface area contributed by atoms with Gasteiger partial charge in [0.05, 0.1) is 35.6 Å². The number of carbonyl (C=O) groups excluding carboxylic acids is 4. The number of carbonyl (C=O) groups is 4. The SMILES string of the molecule is CC.CCCN(CCC)CC1CCN(C(=O)c2cc(C)c(C3=CCN(C(C)/C(C)=C/c4c(-n5cc(F)c(NC)cc5=O)ccnc4C)CC3)c(F)c2)CC1.CCc1ccc2c(c1)C1(CC1)C(=O)N2C(CCC=O)C(=O)CNC. The number of Topliss-reactive ketones (excluding diaryl/α,β-unsaturated/α-hetero) is 1. The molecule has 1 aliphatic carbocycles. The minimum atomic E-state index is -0.568. The molecule has 78 heavy (non-hydrogen) atoms. The first-order chi connectivity index (χ1) is 37.5. The molecule has 2 aromatic heterocycles.